The minimum absolute atomic E-state index is 0.254. The molecule has 7 heteroatoms. The lowest BCUT2D eigenvalue weighted by atomic mass is 10.2. The van der Waals surface area contributed by atoms with Crippen molar-refractivity contribution >= 4 is 34.8 Å². The maximum Gasteiger partial charge on any atom is 0.251 e. The highest BCUT2D eigenvalue weighted by Crippen LogP contribution is 2.28. The van der Waals surface area contributed by atoms with Crippen molar-refractivity contribution in [2.45, 2.75) is 6.54 Å². The van der Waals surface area contributed by atoms with E-state index in [-0.39, 0.29) is 21.6 Å². The average Bonchev–Trinajstić information content (AvgIpc) is 2.88. The molecule has 0 saturated heterocycles. The first-order chi connectivity index (χ1) is 9.08. The maximum absolute atomic E-state index is 11.9. The Balaban J connectivity index is 1.96. The summed E-state index contributed by atoms with van der Waals surface area (Å²) in [5.74, 6) is -0.254. The molecule has 2 aromatic rings. The van der Waals surface area contributed by atoms with Crippen LogP contribution in [0.5, 0.6) is 0 Å². The van der Waals surface area contributed by atoms with Crippen molar-refractivity contribution in [2.24, 2.45) is 0 Å². The van der Waals surface area contributed by atoms with Crippen LogP contribution in [-0.2, 0) is 6.54 Å². The standard InChI is InChI=1S/C12H12Cl2N4O/c13-9-6-8(7-10(14)11(9)15)12(19)16-3-5-18-4-1-2-17-18/h1-2,4,6-7H,3,5,15H2,(H,16,19). The molecule has 1 aromatic carbocycles. The Morgan fingerprint density at radius 2 is 2.05 bits per heavy atom. The lowest BCUT2D eigenvalue weighted by Crippen LogP contribution is -2.27. The molecule has 1 heterocycles. The van der Waals surface area contributed by atoms with Gasteiger partial charge >= 0.3 is 0 Å². The molecule has 3 N–H and O–H groups in total. The number of nitrogens with zero attached hydrogens (tertiary/aromatic N) is 2. The van der Waals surface area contributed by atoms with Crippen LogP contribution >= 0.6 is 23.2 Å². The third kappa shape index (κ3) is 3.39. The molecular formula is C12H12Cl2N4O. The van der Waals surface area contributed by atoms with Crippen molar-refractivity contribution in [2.75, 3.05) is 12.3 Å². The molecule has 0 spiro atoms. The van der Waals surface area contributed by atoms with E-state index in [0.29, 0.717) is 18.7 Å². The average molecular weight is 299 g/mol. The molecule has 0 aliphatic rings. The van der Waals surface area contributed by atoms with E-state index in [1.165, 1.54) is 12.1 Å². The molecule has 0 aliphatic carbocycles. The normalized spacial score (nSPS) is 10.4. The van der Waals surface area contributed by atoms with Gasteiger partial charge in [0.2, 0.25) is 0 Å². The SMILES string of the molecule is Nc1c(Cl)cc(C(=O)NCCn2cccn2)cc1Cl. The highest BCUT2D eigenvalue weighted by molar-refractivity contribution is 6.39. The number of nitrogen functional groups attached to an aromatic ring is 1. The molecule has 19 heavy (non-hydrogen) atoms. The van der Waals surface area contributed by atoms with Crippen molar-refractivity contribution in [3.63, 3.8) is 0 Å². The van der Waals surface area contributed by atoms with Gasteiger partial charge in [-0.3, -0.25) is 9.48 Å². The van der Waals surface area contributed by atoms with E-state index in [2.05, 4.69) is 10.4 Å². The number of hydrogen-bond acceptors (Lipinski definition) is 3. The molecule has 0 atom stereocenters. The zero-order chi connectivity index (χ0) is 13.8. The Bertz CT molecular complexity index is 560. The van der Waals surface area contributed by atoms with Crippen molar-refractivity contribution in [1.29, 1.82) is 0 Å². The summed E-state index contributed by atoms with van der Waals surface area (Å²) in [6.07, 6.45) is 3.50. The first-order valence-corrected chi connectivity index (χ1v) is 6.33. The number of hydrogen-bond donors (Lipinski definition) is 2. The van der Waals surface area contributed by atoms with E-state index in [1.54, 1.807) is 10.9 Å². The molecule has 1 aromatic heterocycles. The number of halogens is 2. The van der Waals surface area contributed by atoms with Crippen LogP contribution in [0, 0.1) is 0 Å². The van der Waals surface area contributed by atoms with Crippen LogP contribution < -0.4 is 11.1 Å². The van der Waals surface area contributed by atoms with Crippen molar-refractivity contribution < 1.29 is 4.79 Å². The number of amides is 1. The number of anilines is 1. The Morgan fingerprint density at radius 3 is 2.63 bits per heavy atom. The fraction of sp³-hybridized carbons (Fsp3) is 0.167. The fourth-order valence-electron chi connectivity index (χ4n) is 1.53. The first kappa shape index (κ1) is 13.7. The summed E-state index contributed by atoms with van der Waals surface area (Å²) in [5, 5.41) is 7.32. The number of carbonyl (C=O) groups excluding carboxylic acids is 1. The molecule has 2 rings (SSSR count). The van der Waals surface area contributed by atoms with E-state index in [0.717, 1.165) is 0 Å². The quantitative estimate of drug-likeness (QED) is 0.850. The van der Waals surface area contributed by atoms with E-state index < -0.39 is 0 Å². The summed E-state index contributed by atoms with van der Waals surface area (Å²) in [6, 6.07) is 4.80. The second-order valence-corrected chi connectivity index (χ2v) is 4.69. The number of nitrogens with one attached hydrogen (secondary N) is 1. The summed E-state index contributed by atoms with van der Waals surface area (Å²) >= 11 is 11.7. The van der Waals surface area contributed by atoms with E-state index in [4.69, 9.17) is 28.9 Å². The molecular weight excluding hydrogens is 287 g/mol. The summed E-state index contributed by atoms with van der Waals surface area (Å²) in [4.78, 5) is 11.9. The number of nitrogens with two attached hydrogens (primary N) is 1. The Morgan fingerprint density at radius 1 is 1.37 bits per heavy atom. The summed E-state index contributed by atoms with van der Waals surface area (Å²) in [5.41, 5.74) is 6.26. The number of carbonyl (C=O) groups is 1. The van der Waals surface area contributed by atoms with Crippen LogP contribution in [0.1, 0.15) is 10.4 Å². The summed E-state index contributed by atoms with van der Waals surface area (Å²) in [7, 11) is 0. The van der Waals surface area contributed by atoms with Crippen LogP contribution in [-0.4, -0.2) is 22.2 Å². The second-order valence-electron chi connectivity index (χ2n) is 3.88. The smallest absolute Gasteiger partial charge is 0.251 e. The topological polar surface area (TPSA) is 72.9 Å². The highest BCUT2D eigenvalue weighted by Gasteiger charge is 2.10. The van der Waals surface area contributed by atoms with E-state index in [1.807, 2.05) is 12.3 Å². The predicted octanol–water partition coefficient (Wildman–Crippen LogP) is 2.20. The van der Waals surface area contributed by atoms with Gasteiger partial charge in [-0.05, 0) is 18.2 Å². The predicted molar refractivity (Wildman–Crippen MR) is 75.4 cm³/mol. The number of benzene rings is 1. The summed E-state index contributed by atoms with van der Waals surface area (Å²) < 4.78 is 1.73. The van der Waals surface area contributed by atoms with Crippen molar-refractivity contribution in [1.82, 2.24) is 15.1 Å². The van der Waals surface area contributed by atoms with Crippen LogP contribution in [0.15, 0.2) is 30.6 Å². The molecule has 0 saturated carbocycles. The third-order valence-corrected chi connectivity index (χ3v) is 3.15. The monoisotopic (exact) mass is 298 g/mol. The number of aromatic nitrogens is 2. The minimum atomic E-state index is -0.254. The van der Waals surface area contributed by atoms with Gasteiger partial charge < -0.3 is 11.1 Å². The van der Waals surface area contributed by atoms with Crippen LogP contribution in [0.3, 0.4) is 0 Å². The van der Waals surface area contributed by atoms with Gasteiger partial charge in [-0.15, -0.1) is 0 Å². The zero-order valence-corrected chi connectivity index (χ0v) is 11.4. The Labute approximate surface area is 120 Å². The maximum atomic E-state index is 11.9. The molecule has 0 aliphatic heterocycles. The van der Waals surface area contributed by atoms with E-state index >= 15 is 0 Å². The van der Waals surface area contributed by atoms with Gasteiger partial charge in [-0.2, -0.15) is 5.10 Å². The van der Waals surface area contributed by atoms with Crippen LogP contribution in [0.2, 0.25) is 10.0 Å². The van der Waals surface area contributed by atoms with Gasteiger partial charge in [0.25, 0.3) is 5.91 Å². The Kier molecular flexibility index (Phi) is 4.29. The van der Waals surface area contributed by atoms with Gasteiger partial charge in [0, 0.05) is 24.5 Å². The highest BCUT2D eigenvalue weighted by atomic mass is 35.5. The summed E-state index contributed by atoms with van der Waals surface area (Å²) in [6.45, 7) is 1.05. The zero-order valence-electron chi connectivity index (χ0n) is 9.94. The van der Waals surface area contributed by atoms with Gasteiger partial charge in [0.15, 0.2) is 0 Å². The molecule has 0 bridgehead atoms. The largest absolute Gasteiger partial charge is 0.396 e. The molecule has 1 amide bonds. The molecule has 0 unspecified atom stereocenters. The molecule has 100 valence electrons. The second kappa shape index (κ2) is 5.95. The van der Waals surface area contributed by atoms with Gasteiger partial charge in [-0.1, -0.05) is 23.2 Å². The number of rotatable bonds is 4. The molecule has 0 radical (unpaired) electrons. The van der Waals surface area contributed by atoms with Gasteiger partial charge in [0.1, 0.15) is 0 Å². The van der Waals surface area contributed by atoms with Gasteiger partial charge in [-0.25, -0.2) is 0 Å². The van der Waals surface area contributed by atoms with E-state index in [9.17, 15) is 4.79 Å². The lowest BCUT2D eigenvalue weighted by molar-refractivity contribution is 0.0952. The Hall–Kier alpha value is -1.72. The molecule has 0 fully saturated rings. The van der Waals surface area contributed by atoms with Crippen molar-refractivity contribution in [3.05, 3.63) is 46.2 Å². The van der Waals surface area contributed by atoms with Gasteiger partial charge in [0.05, 0.1) is 22.3 Å². The first-order valence-electron chi connectivity index (χ1n) is 5.58. The van der Waals surface area contributed by atoms with Crippen molar-refractivity contribution in [3.8, 4) is 0 Å². The van der Waals surface area contributed by atoms with Crippen LogP contribution in [0.4, 0.5) is 5.69 Å². The minimum Gasteiger partial charge on any atom is -0.396 e. The lowest BCUT2D eigenvalue weighted by Gasteiger charge is -2.08. The molecule has 5 nitrogen and oxygen atoms in total. The third-order valence-electron chi connectivity index (χ3n) is 2.53. The fourth-order valence-corrected chi connectivity index (χ4v) is 2.02. The van der Waals surface area contributed by atoms with Crippen LogP contribution in [0.25, 0.3) is 0 Å².